The highest BCUT2D eigenvalue weighted by Gasteiger charge is 2.28. The maximum atomic E-state index is 11.4. The summed E-state index contributed by atoms with van der Waals surface area (Å²) in [5.41, 5.74) is 1.11. The predicted molar refractivity (Wildman–Crippen MR) is 74.6 cm³/mol. The Kier molecular flexibility index (Phi) is 4.88. The standard InChI is InChI=1S/C16H20O3/c1-12(13(2)17)15-10-11-18-16(19-15)9-8-14-6-4-3-5-7-14/h3-9,12,15-16H,10-11H2,1-2H3/b9-8+/t12-,15+,16+/m0/s1. The Labute approximate surface area is 114 Å². The van der Waals surface area contributed by atoms with Crippen molar-refractivity contribution in [2.75, 3.05) is 6.61 Å². The SMILES string of the molecule is CC(=O)[C@H](C)[C@H]1CCO[C@@H](/C=C/c2ccccc2)O1. The molecular weight excluding hydrogens is 240 g/mol. The van der Waals surface area contributed by atoms with Crippen molar-refractivity contribution in [1.29, 1.82) is 0 Å². The maximum Gasteiger partial charge on any atom is 0.177 e. The fourth-order valence-corrected chi connectivity index (χ4v) is 2.06. The molecule has 102 valence electrons. The second-order valence-corrected chi connectivity index (χ2v) is 4.87. The highest BCUT2D eigenvalue weighted by Crippen LogP contribution is 2.21. The largest absolute Gasteiger partial charge is 0.349 e. The van der Waals surface area contributed by atoms with Gasteiger partial charge >= 0.3 is 0 Å². The van der Waals surface area contributed by atoms with Gasteiger partial charge in [-0.25, -0.2) is 0 Å². The van der Waals surface area contributed by atoms with Crippen LogP contribution in [0.2, 0.25) is 0 Å². The van der Waals surface area contributed by atoms with Crippen molar-refractivity contribution in [3.8, 4) is 0 Å². The molecule has 1 aliphatic rings. The molecule has 2 rings (SSSR count). The van der Waals surface area contributed by atoms with Gasteiger partial charge in [0.2, 0.25) is 0 Å². The lowest BCUT2D eigenvalue weighted by atomic mass is 9.97. The normalized spacial score (nSPS) is 25.4. The summed E-state index contributed by atoms with van der Waals surface area (Å²) in [5, 5.41) is 0. The van der Waals surface area contributed by atoms with E-state index in [0.717, 1.165) is 12.0 Å². The average Bonchev–Trinajstić information content (AvgIpc) is 2.45. The third-order valence-corrected chi connectivity index (χ3v) is 3.44. The summed E-state index contributed by atoms with van der Waals surface area (Å²) < 4.78 is 11.3. The van der Waals surface area contributed by atoms with Crippen LogP contribution in [0.15, 0.2) is 36.4 Å². The molecular formula is C16H20O3. The van der Waals surface area contributed by atoms with Crippen molar-refractivity contribution in [2.24, 2.45) is 5.92 Å². The van der Waals surface area contributed by atoms with Crippen LogP contribution >= 0.6 is 0 Å². The first-order chi connectivity index (χ1) is 9.16. The van der Waals surface area contributed by atoms with Crippen molar-refractivity contribution in [1.82, 2.24) is 0 Å². The molecule has 1 aliphatic heterocycles. The quantitative estimate of drug-likeness (QED) is 0.834. The van der Waals surface area contributed by atoms with E-state index in [0.29, 0.717) is 6.61 Å². The summed E-state index contributed by atoms with van der Waals surface area (Å²) >= 11 is 0. The van der Waals surface area contributed by atoms with Crippen LogP contribution in [-0.2, 0) is 14.3 Å². The first-order valence-electron chi connectivity index (χ1n) is 6.67. The molecule has 1 saturated heterocycles. The number of carbonyl (C=O) groups is 1. The predicted octanol–water partition coefficient (Wildman–Crippen LogP) is 3.06. The van der Waals surface area contributed by atoms with Gasteiger partial charge in [0.1, 0.15) is 5.78 Å². The van der Waals surface area contributed by atoms with E-state index in [1.807, 2.05) is 49.4 Å². The van der Waals surface area contributed by atoms with E-state index in [9.17, 15) is 4.79 Å². The summed E-state index contributed by atoms with van der Waals surface area (Å²) in [6.45, 7) is 4.15. The molecule has 1 fully saturated rings. The topological polar surface area (TPSA) is 35.5 Å². The molecule has 0 radical (unpaired) electrons. The van der Waals surface area contributed by atoms with Crippen LogP contribution in [0.5, 0.6) is 0 Å². The van der Waals surface area contributed by atoms with Crippen molar-refractivity contribution >= 4 is 11.9 Å². The Morgan fingerprint density at radius 2 is 2.11 bits per heavy atom. The summed E-state index contributed by atoms with van der Waals surface area (Å²) in [4.78, 5) is 11.4. The molecule has 0 unspecified atom stereocenters. The van der Waals surface area contributed by atoms with Crippen molar-refractivity contribution in [3.63, 3.8) is 0 Å². The van der Waals surface area contributed by atoms with Gasteiger partial charge in [-0.2, -0.15) is 0 Å². The van der Waals surface area contributed by atoms with E-state index in [2.05, 4.69) is 0 Å². The number of rotatable bonds is 4. The molecule has 1 aromatic carbocycles. The number of benzene rings is 1. The van der Waals surface area contributed by atoms with Crippen molar-refractivity contribution < 1.29 is 14.3 Å². The zero-order chi connectivity index (χ0) is 13.7. The highest BCUT2D eigenvalue weighted by atomic mass is 16.7. The van der Waals surface area contributed by atoms with Crippen molar-refractivity contribution in [2.45, 2.75) is 32.7 Å². The smallest absolute Gasteiger partial charge is 0.177 e. The molecule has 0 aliphatic carbocycles. The van der Waals surface area contributed by atoms with E-state index in [4.69, 9.17) is 9.47 Å². The van der Waals surface area contributed by atoms with E-state index >= 15 is 0 Å². The van der Waals surface area contributed by atoms with Gasteiger partial charge in [-0.1, -0.05) is 43.3 Å². The number of hydrogen-bond donors (Lipinski definition) is 0. The van der Waals surface area contributed by atoms with Crippen LogP contribution in [0.25, 0.3) is 6.08 Å². The highest BCUT2D eigenvalue weighted by molar-refractivity contribution is 5.78. The molecule has 1 heterocycles. The van der Waals surface area contributed by atoms with Gasteiger partial charge in [0.05, 0.1) is 12.7 Å². The number of Topliss-reactive ketones (excluding diaryl/α,β-unsaturated/α-hetero) is 1. The van der Waals surface area contributed by atoms with Crippen LogP contribution in [0.1, 0.15) is 25.8 Å². The molecule has 0 saturated carbocycles. The number of carbonyl (C=O) groups excluding carboxylic acids is 1. The minimum Gasteiger partial charge on any atom is -0.349 e. The molecule has 0 aromatic heterocycles. The second-order valence-electron chi connectivity index (χ2n) is 4.87. The second kappa shape index (κ2) is 6.64. The van der Waals surface area contributed by atoms with E-state index in [1.54, 1.807) is 6.92 Å². The van der Waals surface area contributed by atoms with Crippen LogP contribution in [0.4, 0.5) is 0 Å². The summed E-state index contributed by atoms with van der Waals surface area (Å²) in [7, 11) is 0. The van der Waals surface area contributed by atoms with E-state index in [-0.39, 0.29) is 24.1 Å². The van der Waals surface area contributed by atoms with Crippen LogP contribution in [0, 0.1) is 5.92 Å². The monoisotopic (exact) mass is 260 g/mol. The van der Waals surface area contributed by atoms with Crippen molar-refractivity contribution in [3.05, 3.63) is 42.0 Å². The zero-order valence-electron chi connectivity index (χ0n) is 11.4. The summed E-state index contributed by atoms with van der Waals surface area (Å²) in [6, 6.07) is 10.0. The fourth-order valence-electron chi connectivity index (χ4n) is 2.06. The minimum atomic E-state index is -0.360. The Morgan fingerprint density at radius 1 is 1.37 bits per heavy atom. The first-order valence-corrected chi connectivity index (χ1v) is 6.67. The Bertz CT molecular complexity index is 439. The van der Waals surface area contributed by atoms with E-state index in [1.165, 1.54) is 0 Å². The molecule has 0 N–H and O–H groups in total. The molecule has 0 amide bonds. The lowest BCUT2D eigenvalue weighted by Crippen LogP contribution is -2.37. The third-order valence-electron chi connectivity index (χ3n) is 3.44. The maximum absolute atomic E-state index is 11.4. The van der Waals surface area contributed by atoms with E-state index < -0.39 is 0 Å². The third kappa shape index (κ3) is 4.01. The lowest BCUT2D eigenvalue weighted by Gasteiger charge is -2.31. The van der Waals surface area contributed by atoms with Crippen LogP contribution in [0.3, 0.4) is 0 Å². The number of ether oxygens (including phenoxy) is 2. The van der Waals surface area contributed by atoms with Crippen LogP contribution in [-0.4, -0.2) is 24.8 Å². The van der Waals surface area contributed by atoms with Gasteiger partial charge in [-0.15, -0.1) is 0 Å². The first kappa shape index (κ1) is 14.0. The van der Waals surface area contributed by atoms with Gasteiger partial charge < -0.3 is 9.47 Å². The molecule has 3 atom stereocenters. The van der Waals surface area contributed by atoms with Gasteiger partial charge in [0.15, 0.2) is 6.29 Å². The molecule has 3 heteroatoms. The summed E-state index contributed by atoms with van der Waals surface area (Å²) in [6.07, 6.45) is 4.24. The van der Waals surface area contributed by atoms with Gasteiger partial charge in [-0.05, 0) is 25.0 Å². The Morgan fingerprint density at radius 3 is 2.79 bits per heavy atom. The molecule has 0 spiro atoms. The Balaban J connectivity index is 1.94. The average molecular weight is 260 g/mol. The summed E-state index contributed by atoms with van der Waals surface area (Å²) in [5.74, 6) is 0.0919. The van der Waals surface area contributed by atoms with Crippen LogP contribution < -0.4 is 0 Å². The molecule has 0 bridgehead atoms. The molecule has 3 nitrogen and oxygen atoms in total. The fraction of sp³-hybridized carbons (Fsp3) is 0.438. The lowest BCUT2D eigenvalue weighted by molar-refractivity contribution is -0.198. The van der Waals surface area contributed by atoms with Gasteiger partial charge in [0.25, 0.3) is 0 Å². The number of ketones is 1. The molecule has 19 heavy (non-hydrogen) atoms. The molecule has 1 aromatic rings. The van der Waals surface area contributed by atoms with Gasteiger partial charge in [0, 0.05) is 5.92 Å². The number of hydrogen-bond acceptors (Lipinski definition) is 3. The van der Waals surface area contributed by atoms with Gasteiger partial charge in [-0.3, -0.25) is 4.79 Å². The minimum absolute atomic E-state index is 0.0447. The Hall–Kier alpha value is -1.45. The zero-order valence-corrected chi connectivity index (χ0v) is 11.4.